The number of hydrogen-bond donors (Lipinski definition) is 0. The number of aryl methyl sites for hydroxylation is 1. The standard InChI is InChI=1S/C28H40N2O2/c1-20(2)15-30(28(31)21(3)4)18-24-17-29(16-23-11-9-10-22(5)14-23)19-26(24)25-12-7-8-13-27(25)32-6/h7-14,20-21,24,26H,15-19H2,1-6H3. The molecule has 0 bridgehead atoms. The fraction of sp³-hybridized carbons (Fsp3) is 0.536. The van der Waals surface area contributed by atoms with Crippen LogP contribution in [0.5, 0.6) is 5.75 Å². The Morgan fingerprint density at radius 1 is 1.09 bits per heavy atom. The van der Waals surface area contributed by atoms with E-state index in [1.165, 1.54) is 16.7 Å². The summed E-state index contributed by atoms with van der Waals surface area (Å²) < 4.78 is 5.73. The third-order valence-electron chi connectivity index (χ3n) is 6.39. The molecule has 2 aromatic rings. The number of hydrogen-bond acceptors (Lipinski definition) is 3. The summed E-state index contributed by atoms with van der Waals surface area (Å²) >= 11 is 0. The predicted molar refractivity (Wildman–Crippen MR) is 132 cm³/mol. The molecule has 174 valence electrons. The van der Waals surface area contributed by atoms with E-state index in [0.717, 1.165) is 38.5 Å². The van der Waals surface area contributed by atoms with Gasteiger partial charge in [0.1, 0.15) is 5.75 Å². The van der Waals surface area contributed by atoms with E-state index >= 15 is 0 Å². The molecule has 1 fully saturated rings. The zero-order valence-corrected chi connectivity index (χ0v) is 20.7. The van der Waals surface area contributed by atoms with Gasteiger partial charge in [-0.25, -0.2) is 0 Å². The quantitative estimate of drug-likeness (QED) is 0.530. The molecule has 0 spiro atoms. The molecule has 2 unspecified atom stereocenters. The summed E-state index contributed by atoms with van der Waals surface area (Å²) in [6.07, 6.45) is 0. The van der Waals surface area contributed by atoms with Crippen molar-refractivity contribution in [3.63, 3.8) is 0 Å². The fourth-order valence-electron chi connectivity index (χ4n) is 5.01. The third-order valence-corrected chi connectivity index (χ3v) is 6.39. The molecule has 1 saturated heterocycles. The number of amides is 1. The Labute approximate surface area is 194 Å². The molecule has 1 heterocycles. The Morgan fingerprint density at radius 3 is 2.50 bits per heavy atom. The maximum atomic E-state index is 13.0. The van der Waals surface area contributed by atoms with Crippen LogP contribution in [0.25, 0.3) is 0 Å². The van der Waals surface area contributed by atoms with Crippen molar-refractivity contribution in [2.75, 3.05) is 33.3 Å². The van der Waals surface area contributed by atoms with Crippen LogP contribution in [0, 0.1) is 24.7 Å². The predicted octanol–water partition coefficient (Wildman–Crippen LogP) is 5.36. The third kappa shape index (κ3) is 6.13. The molecule has 1 amide bonds. The van der Waals surface area contributed by atoms with E-state index in [0.29, 0.717) is 17.8 Å². The van der Waals surface area contributed by atoms with E-state index in [-0.39, 0.29) is 11.8 Å². The number of ether oxygens (including phenoxy) is 1. The molecule has 0 saturated carbocycles. The first-order valence-electron chi connectivity index (χ1n) is 12.0. The molecule has 2 aromatic carbocycles. The van der Waals surface area contributed by atoms with E-state index < -0.39 is 0 Å². The Kier molecular flexibility index (Phi) is 8.36. The first-order valence-corrected chi connectivity index (χ1v) is 12.0. The summed E-state index contributed by atoms with van der Waals surface area (Å²) in [6.45, 7) is 15.0. The topological polar surface area (TPSA) is 32.8 Å². The van der Waals surface area contributed by atoms with Gasteiger partial charge in [0, 0.05) is 44.6 Å². The maximum Gasteiger partial charge on any atom is 0.225 e. The van der Waals surface area contributed by atoms with Gasteiger partial charge in [-0.2, -0.15) is 0 Å². The highest BCUT2D eigenvalue weighted by atomic mass is 16.5. The van der Waals surface area contributed by atoms with Gasteiger partial charge in [-0.15, -0.1) is 0 Å². The Hall–Kier alpha value is -2.33. The van der Waals surface area contributed by atoms with Gasteiger partial charge in [-0.1, -0.05) is 75.7 Å². The number of nitrogens with zero attached hydrogens (tertiary/aromatic N) is 2. The minimum Gasteiger partial charge on any atom is -0.496 e. The number of methoxy groups -OCH3 is 1. The van der Waals surface area contributed by atoms with Gasteiger partial charge in [0.25, 0.3) is 0 Å². The second kappa shape index (κ2) is 11.0. The average Bonchev–Trinajstić information content (AvgIpc) is 3.14. The highest BCUT2D eigenvalue weighted by Crippen LogP contribution is 2.38. The lowest BCUT2D eigenvalue weighted by molar-refractivity contribution is -0.135. The van der Waals surface area contributed by atoms with Crippen molar-refractivity contribution < 1.29 is 9.53 Å². The van der Waals surface area contributed by atoms with Gasteiger partial charge in [0.15, 0.2) is 0 Å². The summed E-state index contributed by atoms with van der Waals surface area (Å²) in [6, 6.07) is 17.2. The second-order valence-electron chi connectivity index (χ2n) is 10.1. The largest absolute Gasteiger partial charge is 0.496 e. The van der Waals surface area contributed by atoms with Gasteiger partial charge < -0.3 is 9.64 Å². The molecular weight excluding hydrogens is 396 g/mol. The zero-order chi connectivity index (χ0) is 23.3. The van der Waals surface area contributed by atoms with Crippen LogP contribution in [0.4, 0.5) is 0 Å². The number of benzene rings is 2. The molecule has 3 rings (SSSR count). The van der Waals surface area contributed by atoms with E-state index in [4.69, 9.17) is 4.74 Å². The molecule has 0 radical (unpaired) electrons. The summed E-state index contributed by atoms with van der Waals surface area (Å²) in [5.74, 6) is 2.39. The summed E-state index contributed by atoms with van der Waals surface area (Å²) in [4.78, 5) is 17.7. The van der Waals surface area contributed by atoms with Crippen molar-refractivity contribution in [1.29, 1.82) is 0 Å². The van der Waals surface area contributed by atoms with Crippen LogP contribution in [0.1, 0.15) is 50.3 Å². The molecule has 0 aliphatic carbocycles. The Balaban J connectivity index is 1.87. The fourth-order valence-corrected chi connectivity index (χ4v) is 5.01. The van der Waals surface area contributed by atoms with Crippen molar-refractivity contribution in [3.8, 4) is 5.75 Å². The first-order chi connectivity index (χ1) is 15.3. The number of carbonyl (C=O) groups excluding carboxylic acids is 1. The number of rotatable bonds is 9. The molecule has 2 atom stereocenters. The van der Waals surface area contributed by atoms with E-state index in [1.54, 1.807) is 7.11 Å². The Bertz CT molecular complexity index is 893. The van der Waals surface area contributed by atoms with Crippen LogP contribution < -0.4 is 4.74 Å². The molecule has 1 aliphatic heterocycles. The highest BCUT2D eigenvalue weighted by Gasteiger charge is 2.37. The lowest BCUT2D eigenvalue weighted by Gasteiger charge is -2.31. The van der Waals surface area contributed by atoms with Gasteiger partial charge in [-0.05, 0) is 36.0 Å². The SMILES string of the molecule is COc1ccccc1C1CN(Cc2cccc(C)c2)CC1CN(CC(C)C)C(=O)C(C)C. The molecule has 4 heteroatoms. The van der Waals surface area contributed by atoms with Crippen LogP contribution >= 0.6 is 0 Å². The van der Waals surface area contributed by atoms with Crippen LogP contribution in [0.2, 0.25) is 0 Å². The number of para-hydroxylation sites is 1. The minimum absolute atomic E-state index is 0.0169. The normalized spacial score (nSPS) is 19.0. The van der Waals surface area contributed by atoms with Crippen LogP contribution in [-0.2, 0) is 11.3 Å². The van der Waals surface area contributed by atoms with Crippen molar-refractivity contribution in [3.05, 3.63) is 65.2 Å². The van der Waals surface area contributed by atoms with Gasteiger partial charge in [-0.3, -0.25) is 9.69 Å². The maximum absolute atomic E-state index is 13.0. The molecular formula is C28H40N2O2. The summed E-state index contributed by atoms with van der Waals surface area (Å²) in [5, 5.41) is 0. The minimum atomic E-state index is 0.0169. The Morgan fingerprint density at radius 2 is 1.84 bits per heavy atom. The molecule has 4 nitrogen and oxygen atoms in total. The van der Waals surface area contributed by atoms with Crippen LogP contribution in [0.3, 0.4) is 0 Å². The van der Waals surface area contributed by atoms with Crippen LogP contribution in [-0.4, -0.2) is 49.0 Å². The van der Waals surface area contributed by atoms with Gasteiger partial charge in [0.05, 0.1) is 7.11 Å². The second-order valence-corrected chi connectivity index (χ2v) is 10.1. The van der Waals surface area contributed by atoms with E-state index in [9.17, 15) is 4.79 Å². The van der Waals surface area contributed by atoms with E-state index in [2.05, 4.69) is 73.0 Å². The van der Waals surface area contributed by atoms with Gasteiger partial charge in [0.2, 0.25) is 5.91 Å². The van der Waals surface area contributed by atoms with Crippen molar-refractivity contribution in [2.24, 2.45) is 17.8 Å². The average molecular weight is 437 g/mol. The van der Waals surface area contributed by atoms with Crippen molar-refractivity contribution in [1.82, 2.24) is 9.80 Å². The lowest BCUT2D eigenvalue weighted by atomic mass is 9.87. The summed E-state index contributed by atoms with van der Waals surface area (Å²) in [5.41, 5.74) is 3.90. The van der Waals surface area contributed by atoms with Crippen LogP contribution in [0.15, 0.2) is 48.5 Å². The molecule has 0 N–H and O–H groups in total. The first kappa shape index (κ1) is 24.3. The zero-order valence-electron chi connectivity index (χ0n) is 20.7. The van der Waals surface area contributed by atoms with E-state index in [1.807, 2.05) is 19.9 Å². The van der Waals surface area contributed by atoms with Crippen molar-refractivity contribution >= 4 is 5.91 Å². The monoisotopic (exact) mass is 436 g/mol. The lowest BCUT2D eigenvalue weighted by Crippen LogP contribution is -2.41. The molecule has 0 aromatic heterocycles. The van der Waals surface area contributed by atoms with Crippen molar-refractivity contribution in [2.45, 2.75) is 47.1 Å². The molecule has 32 heavy (non-hydrogen) atoms. The molecule has 1 aliphatic rings. The highest BCUT2D eigenvalue weighted by molar-refractivity contribution is 5.78. The summed E-state index contributed by atoms with van der Waals surface area (Å²) in [7, 11) is 1.75. The van der Waals surface area contributed by atoms with Gasteiger partial charge >= 0.3 is 0 Å². The smallest absolute Gasteiger partial charge is 0.225 e. The number of likely N-dealkylation sites (tertiary alicyclic amines) is 1. The number of carbonyl (C=O) groups is 1.